The highest BCUT2D eigenvalue weighted by Crippen LogP contribution is 2.34. The van der Waals surface area contributed by atoms with Gasteiger partial charge in [-0.1, -0.05) is 98.2 Å². The summed E-state index contributed by atoms with van der Waals surface area (Å²) in [6.07, 6.45) is 3.02. The van der Waals surface area contributed by atoms with Gasteiger partial charge in [0.1, 0.15) is 18.2 Å². The first-order valence-electron chi connectivity index (χ1n) is 28.2. The zero-order valence-corrected chi connectivity index (χ0v) is 49.3. The second-order valence-electron chi connectivity index (χ2n) is 22.6. The molecule has 1 heterocycles. The first kappa shape index (κ1) is 67.6. The Balaban J connectivity index is 1.71. The van der Waals surface area contributed by atoms with Crippen molar-refractivity contribution in [2.45, 2.75) is 181 Å². The molecule has 446 valence electrons. The Kier molecular flexibility index (Phi) is 27.9. The van der Waals surface area contributed by atoms with Crippen molar-refractivity contribution >= 4 is 47.6 Å². The lowest BCUT2D eigenvalue weighted by atomic mass is 9.78. The van der Waals surface area contributed by atoms with E-state index < -0.39 is 108 Å². The Morgan fingerprint density at radius 3 is 2.00 bits per heavy atom. The van der Waals surface area contributed by atoms with E-state index in [-0.39, 0.29) is 69.1 Å². The monoisotopic (exact) mass is 1110 g/mol. The van der Waals surface area contributed by atoms with Gasteiger partial charge in [-0.15, -0.1) is 0 Å². The van der Waals surface area contributed by atoms with Crippen molar-refractivity contribution in [3.8, 4) is 0 Å². The lowest BCUT2D eigenvalue weighted by molar-refractivity contribution is -0.148. The summed E-state index contributed by atoms with van der Waals surface area (Å²) < 4.78 is 18.0. The summed E-state index contributed by atoms with van der Waals surface area (Å²) in [6, 6.07) is 5.37. The highest BCUT2D eigenvalue weighted by atomic mass is 16.6. The van der Waals surface area contributed by atoms with Gasteiger partial charge in [0.15, 0.2) is 0 Å². The van der Waals surface area contributed by atoms with Gasteiger partial charge in [-0.2, -0.15) is 0 Å². The number of carbonyl (C=O) groups is 8. The Morgan fingerprint density at radius 2 is 1.44 bits per heavy atom. The SMILES string of the molecule is CC[C@H](C)[C@@H]([C@@H](CC(=O)N1CCC[C@H]1[C@H](OC)[C@@H](C)C(=O)N[C@H](C)[C@@H](O)c1ccccc1)OC)N(C)C(=O)[C@@H](NC(=O)[C@H](C(C)C)N(C)C(=O)O[C@H]1/C=C/CC[C@@](C)(C(=O)NCCN(CCC(=O)O)CCC(=O)O)CC1)C(C)C. The number of carboxylic acid groups (broad SMARTS) is 2. The van der Waals surface area contributed by atoms with Crippen molar-refractivity contribution in [3.63, 3.8) is 0 Å². The molecule has 0 spiro atoms. The molecule has 21 nitrogen and oxygen atoms in total. The van der Waals surface area contributed by atoms with E-state index in [9.17, 15) is 43.5 Å². The van der Waals surface area contributed by atoms with Gasteiger partial charge in [0.2, 0.25) is 29.5 Å². The molecule has 1 saturated heterocycles. The van der Waals surface area contributed by atoms with Crippen LogP contribution in [-0.4, -0.2) is 192 Å². The molecule has 1 aliphatic heterocycles. The number of ether oxygens (including phenoxy) is 3. The number of likely N-dealkylation sites (tertiary alicyclic amines) is 1. The molecule has 12 atom stereocenters. The molecule has 1 aromatic rings. The van der Waals surface area contributed by atoms with Crippen molar-refractivity contribution < 1.29 is 67.9 Å². The molecule has 79 heavy (non-hydrogen) atoms. The van der Waals surface area contributed by atoms with Crippen LogP contribution in [0.4, 0.5) is 4.79 Å². The zero-order valence-electron chi connectivity index (χ0n) is 49.3. The molecule has 1 fully saturated rings. The first-order valence-corrected chi connectivity index (χ1v) is 28.2. The van der Waals surface area contributed by atoms with Crippen LogP contribution in [0, 0.1) is 29.1 Å². The molecule has 1 aliphatic carbocycles. The lowest BCUT2D eigenvalue weighted by Gasteiger charge is -2.41. The molecular weight excluding hydrogens is 1020 g/mol. The fourth-order valence-corrected chi connectivity index (χ4v) is 10.9. The van der Waals surface area contributed by atoms with Gasteiger partial charge in [-0.3, -0.25) is 38.5 Å². The number of carbonyl (C=O) groups excluding carboxylic acids is 6. The van der Waals surface area contributed by atoms with E-state index in [1.807, 2.05) is 58.9 Å². The number of likely N-dealkylation sites (N-methyl/N-ethyl adjacent to an activating group) is 2. The second kappa shape index (κ2) is 32.6. The zero-order chi connectivity index (χ0) is 59.3. The number of rotatable bonds is 31. The molecule has 0 unspecified atom stereocenters. The third-order valence-electron chi connectivity index (χ3n) is 16.1. The number of hydrogen-bond donors (Lipinski definition) is 6. The smallest absolute Gasteiger partial charge is 0.410 e. The Hall–Kier alpha value is -5.64. The van der Waals surface area contributed by atoms with E-state index in [1.54, 1.807) is 67.7 Å². The fourth-order valence-electron chi connectivity index (χ4n) is 10.9. The Bertz CT molecular complexity index is 2160. The minimum absolute atomic E-state index is 0.0748. The summed E-state index contributed by atoms with van der Waals surface area (Å²) in [4.78, 5) is 113. The van der Waals surface area contributed by atoms with Gasteiger partial charge >= 0.3 is 18.0 Å². The number of aliphatic carboxylic acids is 2. The molecular formula is C58H95N7O14. The van der Waals surface area contributed by atoms with Gasteiger partial charge in [0, 0.05) is 66.5 Å². The molecule has 0 saturated carbocycles. The first-order chi connectivity index (χ1) is 37.2. The van der Waals surface area contributed by atoms with Crippen LogP contribution < -0.4 is 16.0 Å². The Labute approximate surface area is 468 Å². The average molecular weight is 1110 g/mol. The molecule has 0 aromatic heterocycles. The van der Waals surface area contributed by atoms with E-state index in [0.717, 1.165) is 0 Å². The summed E-state index contributed by atoms with van der Waals surface area (Å²) in [7, 11) is 6.15. The van der Waals surface area contributed by atoms with Crippen molar-refractivity contribution in [1.29, 1.82) is 0 Å². The van der Waals surface area contributed by atoms with E-state index in [4.69, 9.17) is 24.4 Å². The van der Waals surface area contributed by atoms with Crippen molar-refractivity contribution in [3.05, 3.63) is 48.0 Å². The summed E-state index contributed by atoms with van der Waals surface area (Å²) >= 11 is 0. The summed E-state index contributed by atoms with van der Waals surface area (Å²) in [5.41, 5.74) is -0.166. The maximum absolute atomic E-state index is 14.8. The van der Waals surface area contributed by atoms with Gasteiger partial charge in [-0.05, 0) is 74.8 Å². The number of nitrogens with zero attached hydrogens (tertiary/aromatic N) is 4. The molecule has 6 amide bonds. The van der Waals surface area contributed by atoms with E-state index in [1.165, 1.54) is 26.2 Å². The fraction of sp³-hybridized carbons (Fsp3) is 0.724. The number of nitrogens with one attached hydrogen (secondary N) is 3. The topological polar surface area (TPSA) is 274 Å². The van der Waals surface area contributed by atoms with Crippen LogP contribution in [0.5, 0.6) is 0 Å². The normalized spacial score (nSPS) is 21.5. The molecule has 3 rings (SSSR count). The van der Waals surface area contributed by atoms with Crippen LogP contribution in [-0.2, 0) is 47.8 Å². The summed E-state index contributed by atoms with van der Waals surface area (Å²) in [6.45, 7) is 17.7. The third kappa shape index (κ3) is 19.8. The molecule has 6 N–H and O–H groups in total. The molecule has 0 bridgehead atoms. The average Bonchev–Trinajstić information content (AvgIpc) is 3.92. The van der Waals surface area contributed by atoms with Crippen LogP contribution in [0.25, 0.3) is 0 Å². The number of benzene rings is 1. The van der Waals surface area contributed by atoms with Crippen LogP contribution in [0.1, 0.15) is 138 Å². The molecule has 2 aliphatic rings. The van der Waals surface area contributed by atoms with Crippen molar-refractivity contribution in [1.82, 2.24) is 35.6 Å². The number of allylic oxidation sites excluding steroid dienone is 1. The molecule has 1 aromatic carbocycles. The van der Waals surface area contributed by atoms with Crippen LogP contribution in [0.3, 0.4) is 0 Å². The van der Waals surface area contributed by atoms with Crippen LogP contribution in [0.15, 0.2) is 42.5 Å². The van der Waals surface area contributed by atoms with Gasteiger partial charge in [-0.25, -0.2) is 4.79 Å². The quantitative estimate of drug-likeness (QED) is 0.0518. The summed E-state index contributed by atoms with van der Waals surface area (Å²) in [5, 5.41) is 38.0. The number of aliphatic hydroxyl groups excluding tert-OH is 1. The van der Waals surface area contributed by atoms with Gasteiger partial charge in [0.25, 0.3) is 0 Å². The highest BCUT2D eigenvalue weighted by molar-refractivity contribution is 5.92. The predicted octanol–water partition coefficient (Wildman–Crippen LogP) is 5.25. The van der Waals surface area contributed by atoms with Crippen molar-refractivity contribution in [2.24, 2.45) is 29.1 Å². The van der Waals surface area contributed by atoms with Crippen molar-refractivity contribution in [2.75, 3.05) is 61.0 Å². The van der Waals surface area contributed by atoms with E-state index in [2.05, 4.69) is 16.0 Å². The molecule has 21 heteroatoms. The van der Waals surface area contributed by atoms with Gasteiger partial charge in [0.05, 0.1) is 61.6 Å². The number of hydrogen-bond acceptors (Lipinski definition) is 13. The van der Waals surface area contributed by atoms with E-state index >= 15 is 0 Å². The van der Waals surface area contributed by atoms with E-state index in [0.29, 0.717) is 57.1 Å². The number of amides is 6. The highest BCUT2D eigenvalue weighted by Gasteiger charge is 2.44. The number of carboxylic acids is 2. The largest absolute Gasteiger partial charge is 0.481 e. The molecule has 0 radical (unpaired) electrons. The number of methoxy groups -OCH3 is 2. The second-order valence-corrected chi connectivity index (χ2v) is 22.6. The minimum atomic E-state index is -1.05. The predicted molar refractivity (Wildman–Crippen MR) is 298 cm³/mol. The number of aliphatic hydroxyl groups is 1. The van der Waals surface area contributed by atoms with Gasteiger partial charge < -0.3 is 60.2 Å². The maximum atomic E-state index is 14.8. The lowest BCUT2D eigenvalue weighted by Crippen LogP contribution is -2.60. The van der Waals surface area contributed by atoms with Crippen LogP contribution >= 0.6 is 0 Å². The standard InChI is InChI=1S/C58H95N7O14/c1-14-38(6)50(44(77-12)35-45(66)65-31-20-24-43(65)52(78-13)39(7)53(72)60-40(8)51(71)41-21-16-15-17-22-41)62(10)55(74)48(36(2)3)61-54(73)49(37(4)5)63(11)57(76)79-42-23-18-19-28-58(9,29-25-42)56(75)59-30-34-64(32-26-46(67)68)33-27-47(69)70/h15-18,21-23,36-40,42-44,48-52,71H,14,19-20,24-35H2,1-13H3,(H,59,75)(H,60,72)(H,61,73)(H,67,68)(H,69,70)/b23-18+/t38-,39+,40+,42-,43-,44+,48-,49-,50-,51+,52+,58+/m0/s1. The van der Waals surface area contributed by atoms with Crippen LogP contribution in [0.2, 0.25) is 0 Å². The third-order valence-corrected chi connectivity index (χ3v) is 16.1. The Morgan fingerprint density at radius 1 is 0.810 bits per heavy atom. The minimum Gasteiger partial charge on any atom is -0.481 e. The summed E-state index contributed by atoms with van der Waals surface area (Å²) in [5.74, 6) is -5.39. The maximum Gasteiger partial charge on any atom is 0.410 e.